The predicted octanol–water partition coefficient (Wildman–Crippen LogP) is 4.41. The van der Waals surface area contributed by atoms with E-state index in [0.717, 1.165) is 5.69 Å². The van der Waals surface area contributed by atoms with Gasteiger partial charge >= 0.3 is 0 Å². The Bertz CT molecular complexity index is 409. The van der Waals surface area contributed by atoms with Gasteiger partial charge in [0.2, 0.25) is 0 Å². The van der Waals surface area contributed by atoms with Gasteiger partial charge in [0.25, 0.3) is 0 Å². The monoisotopic (exact) mass is 287 g/mol. The third-order valence-corrected chi connectivity index (χ3v) is 4.20. The summed E-state index contributed by atoms with van der Waals surface area (Å²) < 4.78 is 0. The van der Waals surface area contributed by atoms with Crippen LogP contribution in [0.15, 0.2) is 6.07 Å². The van der Waals surface area contributed by atoms with Gasteiger partial charge in [0.15, 0.2) is 10.3 Å². The Hall–Kier alpha value is -0.540. The predicted molar refractivity (Wildman–Crippen MR) is 76.3 cm³/mol. The Morgan fingerprint density at radius 3 is 2.67 bits per heavy atom. The normalized spacial score (nSPS) is 24.3. The van der Waals surface area contributed by atoms with Gasteiger partial charge in [-0.15, -0.1) is 10.2 Å². The van der Waals surface area contributed by atoms with Crippen LogP contribution < -0.4 is 5.32 Å². The molecular weight excluding hydrogens is 269 g/mol. The van der Waals surface area contributed by atoms with E-state index < -0.39 is 0 Å². The number of hydrogen-bond acceptors (Lipinski definition) is 3. The average Bonchev–Trinajstić information content (AvgIpc) is 2.34. The Labute approximate surface area is 118 Å². The highest BCUT2D eigenvalue weighted by Crippen LogP contribution is 2.33. The maximum atomic E-state index is 6.05. The van der Waals surface area contributed by atoms with Crippen LogP contribution in [0.4, 0.5) is 5.69 Å². The second-order valence-corrected chi connectivity index (χ2v) is 6.06. The van der Waals surface area contributed by atoms with Gasteiger partial charge in [0.05, 0.1) is 5.69 Å². The zero-order valence-corrected chi connectivity index (χ0v) is 12.3. The van der Waals surface area contributed by atoms with E-state index in [4.69, 9.17) is 23.2 Å². The number of nitrogens with zero attached hydrogens (tertiary/aromatic N) is 2. The molecular formula is C13H19Cl2N3. The van der Waals surface area contributed by atoms with Gasteiger partial charge < -0.3 is 5.32 Å². The molecule has 1 fully saturated rings. The number of nitrogens with one attached hydrogen (secondary N) is 1. The van der Waals surface area contributed by atoms with Crippen molar-refractivity contribution in [2.75, 3.05) is 5.32 Å². The highest BCUT2D eigenvalue weighted by atomic mass is 35.5. The molecule has 0 bridgehead atoms. The molecule has 2 rings (SSSR count). The van der Waals surface area contributed by atoms with Crippen LogP contribution in [0.25, 0.3) is 0 Å². The van der Waals surface area contributed by atoms with Gasteiger partial charge in [-0.25, -0.2) is 0 Å². The summed E-state index contributed by atoms with van der Waals surface area (Å²) in [5.41, 5.74) is 0.800. The molecule has 1 aromatic rings. The first kappa shape index (κ1) is 13.9. The standard InChI is InChI=1S/C13H19Cl2N3/c1-8(2)9-5-3-4-6-10(9)16-11-7-12(14)17-18-13(11)15/h7-10H,3-6H2,1-2H3,(H,16,17). The molecule has 0 spiro atoms. The van der Waals surface area contributed by atoms with Crippen LogP contribution in [0.2, 0.25) is 10.3 Å². The van der Waals surface area contributed by atoms with Gasteiger partial charge in [-0.1, -0.05) is 49.9 Å². The Morgan fingerprint density at radius 2 is 1.94 bits per heavy atom. The lowest BCUT2D eigenvalue weighted by atomic mass is 9.78. The molecule has 0 aromatic carbocycles. The molecule has 5 heteroatoms. The van der Waals surface area contributed by atoms with Gasteiger partial charge in [-0.3, -0.25) is 0 Å². The van der Waals surface area contributed by atoms with Crippen LogP contribution in [0, 0.1) is 11.8 Å². The van der Waals surface area contributed by atoms with Crippen molar-refractivity contribution in [2.24, 2.45) is 11.8 Å². The lowest BCUT2D eigenvalue weighted by Gasteiger charge is -2.35. The minimum atomic E-state index is 0.374. The summed E-state index contributed by atoms with van der Waals surface area (Å²) >= 11 is 11.9. The summed E-state index contributed by atoms with van der Waals surface area (Å²) in [6, 6.07) is 2.21. The lowest BCUT2D eigenvalue weighted by Crippen LogP contribution is -2.35. The number of rotatable bonds is 3. The highest BCUT2D eigenvalue weighted by Gasteiger charge is 2.27. The van der Waals surface area contributed by atoms with Crippen LogP contribution in [0.5, 0.6) is 0 Å². The summed E-state index contributed by atoms with van der Waals surface area (Å²) in [5, 5.41) is 11.8. The lowest BCUT2D eigenvalue weighted by molar-refractivity contribution is 0.254. The molecule has 100 valence electrons. The second kappa shape index (κ2) is 6.07. The largest absolute Gasteiger partial charge is 0.379 e. The fourth-order valence-corrected chi connectivity index (χ4v) is 3.08. The van der Waals surface area contributed by atoms with Crippen molar-refractivity contribution in [2.45, 2.75) is 45.6 Å². The fraction of sp³-hybridized carbons (Fsp3) is 0.692. The number of aromatic nitrogens is 2. The van der Waals surface area contributed by atoms with Crippen LogP contribution >= 0.6 is 23.2 Å². The van der Waals surface area contributed by atoms with E-state index in [1.54, 1.807) is 6.07 Å². The Morgan fingerprint density at radius 1 is 1.22 bits per heavy atom. The molecule has 0 amide bonds. The van der Waals surface area contributed by atoms with E-state index in [-0.39, 0.29) is 0 Å². The number of hydrogen-bond donors (Lipinski definition) is 1. The number of halogens is 2. The molecule has 3 nitrogen and oxygen atoms in total. The van der Waals surface area contributed by atoms with Crippen molar-refractivity contribution in [3.63, 3.8) is 0 Å². The van der Waals surface area contributed by atoms with E-state index in [1.165, 1.54) is 25.7 Å². The summed E-state index contributed by atoms with van der Waals surface area (Å²) in [5.74, 6) is 1.36. The third-order valence-electron chi connectivity index (χ3n) is 3.74. The number of anilines is 1. The minimum Gasteiger partial charge on any atom is -0.379 e. The van der Waals surface area contributed by atoms with Gasteiger partial charge in [-0.05, 0) is 24.7 Å². The van der Waals surface area contributed by atoms with E-state index in [1.807, 2.05) is 0 Å². The van der Waals surface area contributed by atoms with Crippen LogP contribution in [0.1, 0.15) is 39.5 Å². The quantitative estimate of drug-likeness (QED) is 0.895. The Balaban J connectivity index is 2.13. The zero-order chi connectivity index (χ0) is 13.1. The smallest absolute Gasteiger partial charge is 0.174 e. The molecule has 0 saturated heterocycles. The van der Waals surface area contributed by atoms with Gasteiger partial charge in [0, 0.05) is 12.1 Å². The first-order valence-electron chi connectivity index (χ1n) is 6.53. The van der Waals surface area contributed by atoms with E-state index in [0.29, 0.717) is 28.2 Å². The summed E-state index contributed by atoms with van der Waals surface area (Å²) in [4.78, 5) is 0. The van der Waals surface area contributed by atoms with Crippen molar-refractivity contribution in [3.05, 3.63) is 16.4 Å². The first-order chi connectivity index (χ1) is 8.58. The summed E-state index contributed by atoms with van der Waals surface area (Å²) in [6.07, 6.45) is 5.05. The SMILES string of the molecule is CC(C)C1CCCCC1Nc1cc(Cl)nnc1Cl. The van der Waals surface area contributed by atoms with E-state index >= 15 is 0 Å². The Kier molecular flexibility index (Phi) is 4.68. The molecule has 0 aliphatic heterocycles. The molecule has 2 unspecified atom stereocenters. The summed E-state index contributed by atoms with van der Waals surface area (Å²) in [7, 11) is 0. The zero-order valence-electron chi connectivity index (χ0n) is 10.8. The van der Waals surface area contributed by atoms with Crippen LogP contribution in [-0.4, -0.2) is 16.2 Å². The highest BCUT2D eigenvalue weighted by molar-refractivity contribution is 6.33. The molecule has 1 aliphatic rings. The van der Waals surface area contributed by atoms with Crippen LogP contribution in [-0.2, 0) is 0 Å². The molecule has 1 aromatic heterocycles. The molecule has 1 saturated carbocycles. The average molecular weight is 288 g/mol. The maximum Gasteiger partial charge on any atom is 0.174 e. The van der Waals surface area contributed by atoms with Crippen molar-refractivity contribution < 1.29 is 0 Å². The molecule has 1 heterocycles. The van der Waals surface area contributed by atoms with Gasteiger partial charge in [0.1, 0.15) is 0 Å². The molecule has 0 radical (unpaired) electrons. The molecule has 18 heavy (non-hydrogen) atoms. The second-order valence-electron chi connectivity index (χ2n) is 5.31. The van der Waals surface area contributed by atoms with Crippen LogP contribution in [0.3, 0.4) is 0 Å². The minimum absolute atomic E-state index is 0.374. The molecule has 2 atom stereocenters. The fourth-order valence-electron chi connectivity index (χ4n) is 2.79. The maximum absolute atomic E-state index is 6.05. The van der Waals surface area contributed by atoms with Crippen molar-refractivity contribution in [3.8, 4) is 0 Å². The van der Waals surface area contributed by atoms with E-state index in [9.17, 15) is 0 Å². The van der Waals surface area contributed by atoms with Gasteiger partial charge in [-0.2, -0.15) is 0 Å². The van der Waals surface area contributed by atoms with Crippen molar-refractivity contribution in [1.29, 1.82) is 0 Å². The molecule has 1 aliphatic carbocycles. The topological polar surface area (TPSA) is 37.8 Å². The van der Waals surface area contributed by atoms with E-state index in [2.05, 4.69) is 29.4 Å². The van der Waals surface area contributed by atoms with Crippen molar-refractivity contribution >= 4 is 28.9 Å². The molecule has 1 N–H and O–H groups in total. The summed E-state index contributed by atoms with van der Waals surface area (Å²) in [6.45, 7) is 4.56. The van der Waals surface area contributed by atoms with Crippen molar-refractivity contribution in [1.82, 2.24) is 10.2 Å². The third kappa shape index (κ3) is 3.27. The first-order valence-corrected chi connectivity index (χ1v) is 7.28.